The highest BCUT2D eigenvalue weighted by molar-refractivity contribution is 5.97. The quantitative estimate of drug-likeness (QED) is 0.754. The number of aryl methyl sites for hydroxylation is 3. The molecule has 0 amide bonds. The van der Waals surface area contributed by atoms with Crippen LogP contribution in [-0.2, 0) is 6.54 Å². The fourth-order valence-corrected chi connectivity index (χ4v) is 1.91. The number of imidazole rings is 1. The van der Waals surface area contributed by atoms with E-state index in [9.17, 15) is 4.79 Å². The molecule has 0 aliphatic carbocycles. The van der Waals surface area contributed by atoms with Crippen LogP contribution in [0, 0.1) is 13.8 Å². The Hall–Kier alpha value is -1.90. The lowest BCUT2D eigenvalue weighted by Gasteiger charge is -2.06. The SMILES string of the molecule is Cc1ccc(C(=O)CCn2ccnc2)c(C)c1. The third kappa shape index (κ3) is 2.81. The molecule has 0 fully saturated rings. The van der Waals surface area contributed by atoms with Crippen molar-refractivity contribution in [2.24, 2.45) is 0 Å². The highest BCUT2D eigenvalue weighted by atomic mass is 16.1. The number of benzene rings is 1. The predicted octanol–water partition coefficient (Wildman–Crippen LogP) is 2.77. The first-order chi connectivity index (χ1) is 8.16. The van der Waals surface area contributed by atoms with E-state index in [0.717, 1.165) is 11.1 Å². The lowest BCUT2D eigenvalue weighted by Crippen LogP contribution is -2.06. The van der Waals surface area contributed by atoms with E-state index in [0.29, 0.717) is 13.0 Å². The zero-order chi connectivity index (χ0) is 12.3. The molecule has 0 aliphatic heterocycles. The molecule has 2 aromatic rings. The van der Waals surface area contributed by atoms with Crippen molar-refractivity contribution in [3.05, 3.63) is 53.6 Å². The molecule has 1 heterocycles. The van der Waals surface area contributed by atoms with Gasteiger partial charge < -0.3 is 4.57 Å². The van der Waals surface area contributed by atoms with Crippen LogP contribution >= 0.6 is 0 Å². The number of ketones is 1. The van der Waals surface area contributed by atoms with Crippen molar-refractivity contribution < 1.29 is 4.79 Å². The molecule has 0 radical (unpaired) electrons. The maximum Gasteiger partial charge on any atom is 0.164 e. The molecule has 88 valence electrons. The van der Waals surface area contributed by atoms with Crippen LogP contribution in [0.5, 0.6) is 0 Å². The van der Waals surface area contributed by atoms with Gasteiger partial charge in [0.1, 0.15) is 0 Å². The van der Waals surface area contributed by atoms with E-state index < -0.39 is 0 Å². The minimum absolute atomic E-state index is 0.191. The van der Waals surface area contributed by atoms with E-state index in [1.165, 1.54) is 5.56 Å². The van der Waals surface area contributed by atoms with Gasteiger partial charge in [-0.25, -0.2) is 4.98 Å². The number of carbonyl (C=O) groups excluding carboxylic acids is 1. The largest absolute Gasteiger partial charge is 0.337 e. The summed E-state index contributed by atoms with van der Waals surface area (Å²) in [6.07, 6.45) is 5.84. The fraction of sp³-hybridized carbons (Fsp3) is 0.286. The standard InChI is InChI=1S/C14H16N2O/c1-11-3-4-13(12(2)9-11)14(17)5-7-16-8-6-15-10-16/h3-4,6,8-10H,5,7H2,1-2H3. The average Bonchev–Trinajstić information content (AvgIpc) is 2.78. The molecule has 0 unspecified atom stereocenters. The molecule has 2 rings (SSSR count). The van der Waals surface area contributed by atoms with Gasteiger partial charge in [-0.1, -0.05) is 23.8 Å². The summed E-state index contributed by atoms with van der Waals surface area (Å²) in [6.45, 7) is 4.70. The maximum absolute atomic E-state index is 12.0. The number of rotatable bonds is 4. The lowest BCUT2D eigenvalue weighted by molar-refractivity contribution is 0.0976. The second-order valence-corrected chi connectivity index (χ2v) is 4.29. The van der Waals surface area contributed by atoms with Gasteiger partial charge in [-0.15, -0.1) is 0 Å². The van der Waals surface area contributed by atoms with Crippen LogP contribution in [0.25, 0.3) is 0 Å². The van der Waals surface area contributed by atoms with Gasteiger partial charge in [0.25, 0.3) is 0 Å². The number of carbonyl (C=O) groups is 1. The van der Waals surface area contributed by atoms with Crippen molar-refractivity contribution in [2.75, 3.05) is 0 Å². The Morgan fingerprint density at radius 3 is 2.82 bits per heavy atom. The average molecular weight is 228 g/mol. The molecule has 0 N–H and O–H groups in total. The van der Waals surface area contributed by atoms with Gasteiger partial charge in [0.05, 0.1) is 6.33 Å². The molecular formula is C14H16N2O. The third-order valence-electron chi connectivity index (χ3n) is 2.84. The molecule has 3 heteroatoms. The number of aromatic nitrogens is 2. The first-order valence-electron chi connectivity index (χ1n) is 5.73. The summed E-state index contributed by atoms with van der Waals surface area (Å²) in [5.74, 6) is 0.191. The van der Waals surface area contributed by atoms with Crippen LogP contribution in [0.4, 0.5) is 0 Å². The zero-order valence-corrected chi connectivity index (χ0v) is 10.2. The minimum Gasteiger partial charge on any atom is -0.337 e. The third-order valence-corrected chi connectivity index (χ3v) is 2.84. The Morgan fingerprint density at radius 2 is 2.18 bits per heavy atom. The highest BCUT2D eigenvalue weighted by Crippen LogP contribution is 2.13. The molecule has 0 saturated carbocycles. The number of hydrogen-bond acceptors (Lipinski definition) is 2. The number of nitrogens with zero attached hydrogens (tertiary/aromatic N) is 2. The van der Waals surface area contributed by atoms with E-state index in [2.05, 4.69) is 4.98 Å². The van der Waals surface area contributed by atoms with Gasteiger partial charge in [-0.2, -0.15) is 0 Å². The van der Waals surface area contributed by atoms with Crippen LogP contribution in [0.2, 0.25) is 0 Å². The van der Waals surface area contributed by atoms with E-state index in [-0.39, 0.29) is 5.78 Å². The van der Waals surface area contributed by atoms with Crippen molar-refractivity contribution >= 4 is 5.78 Å². The smallest absolute Gasteiger partial charge is 0.164 e. The van der Waals surface area contributed by atoms with Gasteiger partial charge in [0.15, 0.2) is 5.78 Å². The van der Waals surface area contributed by atoms with E-state index in [1.807, 2.05) is 42.8 Å². The minimum atomic E-state index is 0.191. The van der Waals surface area contributed by atoms with E-state index in [4.69, 9.17) is 0 Å². The summed E-state index contributed by atoms with van der Waals surface area (Å²) in [7, 11) is 0. The van der Waals surface area contributed by atoms with Crippen molar-refractivity contribution in [3.8, 4) is 0 Å². The Labute approximate surface area is 101 Å². The molecule has 0 atom stereocenters. The van der Waals surface area contributed by atoms with Gasteiger partial charge in [-0.05, 0) is 19.4 Å². The Balaban J connectivity index is 2.04. The van der Waals surface area contributed by atoms with Crippen molar-refractivity contribution in [3.63, 3.8) is 0 Å². The van der Waals surface area contributed by atoms with Crippen molar-refractivity contribution in [1.82, 2.24) is 9.55 Å². The zero-order valence-electron chi connectivity index (χ0n) is 10.2. The van der Waals surface area contributed by atoms with E-state index >= 15 is 0 Å². The second kappa shape index (κ2) is 4.95. The molecule has 0 aliphatic rings. The summed E-state index contributed by atoms with van der Waals surface area (Å²) in [5, 5.41) is 0. The Morgan fingerprint density at radius 1 is 1.35 bits per heavy atom. The van der Waals surface area contributed by atoms with Gasteiger partial charge in [0.2, 0.25) is 0 Å². The summed E-state index contributed by atoms with van der Waals surface area (Å²) in [5.41, 5.74) is 3.07. The first kappa shape index (κ1) is 11.6. The molecule has 0 saturated heterocycles. The van der Waals surface area contributed by atoms with Crippen LogP contribution < -0.4 is 0 Å². The van der Waals surface area contributed by atoms with Gasteiger partial charge >= 0.3 is 0 Å². The van der Waals surface area contributed by atoms with Crippen molar-refractivity contribution in [1.29, 1.82) is 0 Å². The lowest BCUT2D eigenvalue weighted by atomic mass is 10.0. The first-order valence-corrected chi connectivity index (χ1v) is 5.73. The van der Waals surface area contributed by atoms with Crippen LogP contribution in [0.1, 0.15) is 27.9 Å². The Bertz CT molecular complexity index is 515. The predicted molar refractivity (Wildman–Crippen MR) is 67.1 cm³/mol. The molecule has 0 bridgehead atoms. The maximum atomic E-state index is 12.0. The van der Waals surface area contributed by atoms with E-state index in [1.54, 1.807) is 12.5 Å². The van der Waals surface area contributed by atoms with Crippen LogP contribution in [0.15, 0.2) is 36.9 Å². The number of hydrogen-bond donors (Lipinski definition) is 0. The number of Topliss-reactive ketones (excluding diaryl/α,β-unsaturated/α-hetero) is 1. The molecule has 0 spiro atoms. The monoisotopic (exact) mass is 228 g/mol. The second-order valence-electron chi connectivity index (χ2n) is 4.29. The topological polar surface area (TPSA) is 34.9 Å². The highest BCUT2D eigenvalue weighted by Gasteiger charge is 2.08. The molecule has 1 aromatic carbocycles. The summed E-state index contributed by atoms with van der Waals surface area (Å²) >= 11 is 0. The van der Waals surface area contributed by atoms with Gasteiger partial charge in [0, 0.05) is 30.9 Å². The van der Waals surface area contributed by atoms with Crippen LogP contribution in [0.3, 0.4) is 0 Å². The molecule has 17 heavy (non-hydrogen) atoms. The Kier molecular flexibility index (Phi) is 3.38. The van der Waals surface area contributed by atoms with Crippen LogP contribution in [-0.4, -0.2) is 15.3 Å². The fourth-order valence-electron chi connectivity index (χ4n) is 1.91. The summed E-state index contributed by atoms with van der Waals surface area (Å²) in [4.78, 5) is 16.0. The van der Waals surface area contributed by atoms with Crippen molar-refractivity contribution in [2.45, 2.75) is 26.8 Å². The molecule has 1 aromatic heterocycles. The summed E-state index contributed by atoms with van der Waals surface area (Å²) in [6, 6.07) is 5.95. The molecular weight excluding hydrogens is 212 g/mol. The summed E-state index contributed by atoms with van der Waals surface area (Å²) < 4.78 is 1.92. The van der Waals surface area contributed by atoms with Gasteiger partial charge in [-0.3, -0.25) is 4.79 Å². The normalized spacial score (nSPS) is 10.5. The molecule has 3 nitrogen and oxygen atoms in total.